The van der Waals surface area contributed by atoms with Crippen LogP contribution in [-0.2, 0) is 10.9 Å². The van der Waals surface area contributed by atoms with Crippen molar-refractivity contribution in [3.8, 4) is 0 Å². The Balaban J connectivity index is 6.15. The molecule has 0 fully saturated rings. The van der Waals surface area contributed by atoms with Crippen molar-refractivity contribution in [2.75, 3.05) is 6.61 Å². The minimum absolute atomic E-state index is 0.407. The van der Waals surface area contributed by atoms with Crippen LogP contribution >= 0.6 is 0 Å². The van der Waals surface area contributed by atoms with Gasteiger partial charge in [-0.1, -0.05) is 0 Å². The summed E-state index contributed by atoms with van der Waals surface area (Å²) >= 11 is -5.47. The first-order valence-electron chi connectivity index (χ1n) is 21.6. The number of rotatable bonds is 38. The van der Waals surface area contributed by atoms with Crippen LogP contribution in [0.4, 0.5) is 4.79 Å². The standard InChI is InChI=1S/C9H17O4.4C8H17.O.2Sn.H/c1-3-5-7-12-8(6-4-2)13-9(10)11;4*1-3-5-7-8-6-4-2;;;;/h4,8H,3,5-7H2,1-2H3,(H,10,11);4*1,3-8H2,2H3;;;;. The van der Waals surface area contributed by atoms with Crippen molar-refractivity contribution in [1.29, 1.82) is 0 Å². The summed E-state index contributed by atoms with van der Waals surface area (Å²) in [5.41, 5.74) is 0. The molecule has 5 nitrogen and oxygen atoms in total. The van der Waals surface area contributed by atoms with Crippen LogP contribution in [0.3, 0.4) is 0 Å². The van der Waals surface area contributed by atoms with Crippen LogP contribution < -0.4 is 0 Å². The molecule has 0 aliphatic heterocycles. The van der Waals surface area contributed by atoms with Gasteiger partial charge in [-0.15, -0.1) is 0 Å². The second-order valence-electron chi connectivity index (χ2n) is 15.1. The molecule has 0 heterocycles. The van der Waals surface area contributed by atoms with Crippen molar-refractivity contribution >= 4 is 45.1 Å². The molecule has 0 aromatic rings. The third-order valence-corrected chi connectivity index (χ3v) is 46.9. The van der Waals surface area contributed by atoms with E-state index in [0.717, 1.165) is 12.8 Å². The average molecular weight is 897 g/mol. The SMILES string of the molecule is CCCCCCC[CH2][SnH]([CH2]CCCCCCC)[O][Sn]([CH2]CCCCCCC)([CH2]CCCCCCC)[CH](C)CC(OCCCC)OC(=O)O. The molecule has 0 aliphatic carbocycles. The van der Waals surface area contributed by atoms with Crippen LogP contribution in [0.2, 0.25) is 21.7 Å². The summed E-state index contributed by atoms with van der Waals surface area (Å²) in [6.07, 6.45) is 33.1. The van der Waals surface area contributed by atoms with Crippen molar-refractivity contribution in [3.05, 3.63) is 0 Å². The fourth-order valence-electron chi connectivity index (χ4n) is 7.28. The molecule has 288 valence electrons. The van der Waals surface area contributed by atoms with Gasteiger partial charge in [0.05, 0.1) is 0 Å². The van der Waals surface area contributed by atoms with E-state index in [1.807, 2.05) is 0 Å². The Bertz CT molecular complexity index is 647. The van der Waals surface area contributed by atoms with E-state index in [0.29, 0.717) is 17.0 Å². The molecule has 0 aliphatic rings. The number of carbonyl (C=O) groups is 1. The summed E-state index contributed by atoms with van der Waals surface area (Å²) in [6.45, 7) is 14.4. The predicted octanol–water partition coefficient (Wildman–Crippen LogP) is 14.7. The zero-order chi connectivity index (χ0) is 35.6. The van der Waals surface area contributed by atoms with Gasteiger partial charge < -0.3 is 0 Å². The fraction of sp³-hybridized carbons (Fsp3) is 0.976. The number of hydrogen-bond donors (Lipinski definition) is 1. The molecule has 0 bridgehead atoms. The average Bonchev–Trinajstić information content (AvgIpc) is 3.06. The van der Waals surface area contributed by atoms with Crippen LogP contribution in [-0.4, -0.2) is 63.1 Å². The van der Waals surface area contributed by atoms with Gasteiger partial charge in [0.2, 0.25) is 0 Å². The molecule has 0 radical (unpaired) electrons. The Morgan fingerprint density at radius 3 is 1.33 bits per heavy atom. The zero-order valence-electron chi connectivity index (χ0n) is 33.4. The van der Waals surface area contributed by atoms with E-state index in [4.69, 9.17) is 10.9 Å². The summed E-state index contributed by atoms with van der Waals surface area (Å²) in [4.78, 5) is 11.8. The predicted molar refractivity (Wildman–Crippen MR) is 215 cm³/mol. The van der Waals surface area contributed by atoms with Gasteiger partial charge in [0, 0.05) is 0 Å². The monoisotopic (exact) mass is 898 g/mol. The molecule has 0 saturated heterocycles. The molecule has 7 heteroatoms. The Morgan fingerprint density at radius 2 is 0.938 bits per heavy atom. The van der Waals surface area contributed by atoms with Gasteiger partial charge in [0.1, 0.15) is 0 Å². The van der Waals surface area contributed by atoms with E-state index in [1.165, 1.54) is 172 Å². The summed E-state index contributed by atoms with van der Waals surface area (Å²) in [5.74, 6) is 0. The maximum atomic E-state index is 11.8. The second-order valence-corrected chi connectivity index (χ2v) is 38.9. The Hall–Kier alpha value is 0.787. The Kier molecular flexibility index (Phi) is 36.8. The molecule has 1 N–H and O–H groups in total. The molecule has 0 amide bonds. The number of hydrogen-bond acceptors (Lipinski definition) is 4. The van der Waals surface area contributed by atoms with Gasteiger partial charge in [0.25, 0.3) is 0 Å². The molecule has 2 unspecified atom stereocenters. The number of carboxylic acid groups (broad SMARTS) is 1. The molecule has 2 atom stereocenters. The molecule has 0 aromatic carbocycles. The van der Waals surface area contributed by atoms with Gasteiger partial charge in [-0.2, -0.15) is 0 Å². The molecule has 0 saturated carbocycles. The number of unbranched alkanes of at least 4 members (excludes halogenated alkanes) is 21. The normalized spacial score (nSPS) is 13.3. The molecule has 0 rings (SSSR count). The van der Waals surface area contributed by atoms with Crippen molar-refractivity contribution in [2.24, 2.45) is 0 Å². The van der Waals surface area contributed by atoms with E-state index < -0.39 is 51.4 Å². The first kappa shape index (κ1) is 48.8. The van der Waals surface area contributed by atoms with Gasteiger partial charge in [-0.3, -0.25) is 0 Å². The third-order valence-electron chi connectivity index (χ3n) is 10.5. The molecule has 48 heavy (non-hydrogen) atoms. The summed E-state index contributed by atoms with van der Waals surface area (Å²) in [5, 5.41) is 9.63. The molecular formula is C41H86O5Sn2. The molecular weight excluding hydrogens is 810 g/mol. The number of ether oxygens (including phenoxy) is 2. The maximum absolute atomic E-state index is 11.8. The first-order chi connectivity index (χ1) is 23.4. The topological polar surface area (TPSA) is 65.0 Å². The van der Waals surface area contributed by atoms with Gasteiger partial charge in [0.15, 0.2) is 0 Å². The summed E-state index contributed by atoms with van der Waals surface area (Å²) < 4.78 is 25.4. The summed E-state index contributed by atoms with van der Waals surface area (Å²) in [6, 6.07) is 0. The minimum atomic E-state index is -3.20. The van der Waals surface area contributed by atoms with E-state index >= 15 is 0 Å². The second kappa shape index (κ2) is 36.2. The van der Waals surface area contributed by atoms with Crippen LogP contribution in [0.25, 0.3) is 0 Å². The zero-order valence-corrected chi connectivity index (χ0v) is 39.6. The van der Waals surface area contributed by atoms with E-state index in [9.17, 15) is 9.90 Å². The van der Waals surface area contributed by atoms with E-state index in [-0.39, 0.29) is 0 Å². The third kappa shape index (κ3) is 28.4. The quantitative estimate of drug-likeness (QED) is 0.0289. The van der Waals surface area contributed by atoms with Crippen LogP contribution in [0.5, 0.6) is 0 Å². The van der Waals surface area contributed by atoms with Crippen LogP contribution in [0.15, 0.2) is 0 Å². The van der Waals surface area contributed by atoms with Crippen molar-refractivity contribution in [3.63, 3.8) is 0 Å². The van der Waals surface area contributed by atoms with E-state index in [1.54, 1.807) is 0 Å². The van der Waals surface area contributed by atoms with E-state index in [2.05, 4.69) is 41.5 Å². The Labute approximate surface area is 313 Å². The first-order valence-corrected chi connectivity index (χ1v) is 34.4. The van der Waals surface area contributed by atoms with Crippen LogP contribution in [0, 0.1) is 0 Å². The van der Waals surface area contributed by atoms with Crippen molar-refractivity contribution in [1.82, 2.24) is 0 Å². The Morgan fingerprint density at radius 1 is 0.562 bits per heavy atom. The summed E-state index contributed by atoms with van der Waals surface area (Å²) in [7, 11) is 0. The molecule has 0 aromatic heterocycles. The molecule has 0 spiro atoms. The fourth-order valence-corrected chi connectivity index (χ4v) is 52.6. The van der Waals surface area contributed by atoms with Gasteiger partial charge in [-0.05, 0) is 0 Å². The van der Waals surface area contributed by atoms with Crippen molar-refractivity contribution in [2.45, 2.75) is 243 Å². The van der Waals surface area contributed by atoms with Crippen LogP contribution in [0.1, 0.15) is 215 Å². The van der Waals surface area contributed by atoms with Crippen molar-refractivity contribution < 1.29 is 20.8 Å². The van der Waals surface area contributed by atoms with Gasteiger partial charge in [-0.25, -0.2) is 0 Å². The van der Waals surface area contributed by atoms with Gasteiger partial charge >= 0.3 is 315 Å².